The standard InChI is InChI=1S/C15H31N/c1-6-16-10-13(4)14(5)15-8-7-11(2)12(3)9-15/h11-16H,6-10H2,1-5H3. The Morgan fingerprint density at radius 1 is 1.12 bits per heavy atom. The maximum atomic E-state index is 3.49. The van der Waals surface area contributed by atoms with Gasteiger partial charge < -0.3 is 5.32 Å². The summed E-state index contributed by atoms with van der Waals surface area (Å²) in [5.41, 5.74) is 0. The number of hydrogen-bond donors (Lipinski definition) is 1. The highest BCUT2D eigenvalue weighted by Crippen LogP contribution is 2.39. The van der Waals surface area contributed by atoms with Crippen molar-refractivity contribution in [3.63, 3.8) is 0 Å². The van der Waals surface area contributed by atoms with Crippen molar-refractivity contribution in [2.75, 3.05) is 13.1 Å². The summed E-state index contributed by atoms with van der Waals surface area (Å²) in [7, 11) is 0. The summed E-state index contributed by atoms with van der Waals surface area (Å²) in [6.07, 6.45) is 4.37. The summed E-state index contributed by atoms with van der Waals surface area (Å²) in [4.78, 5) is 0. The molecule has 96 valence electrons. The fourth-order valence-electron chi connectivity index (χ4n) is 3.09. The molecule has 16 heavy (non-hydrogen) atoms. The zero-order chi connectivity index (χ0) is 12.1. The van der Waals surface area contributed by atoms with Gasteiger partial charge in [-0.3, -0.25) is 0 Å². The van der Waals surface area contributed by atoms with Gasteiger partial charge in [0.05, 0.1) is 0 Å². The molecule has 0 aromatic heterocycles. The van der Waals surface area contributed by atoms with Gasteiger partial charge in [0.1, 0.15) is 0 Å². The monoisotopic (exact) mass is 225 g/mol. The highest BCUT2D eigenvalue weighted by molar-refractivity contribution is 4.81. The predicted molar refractivity (Wildman–Crippen MR) is 72.5 cm³/mol. The molecule has 5 unspecified atom stereocenters. The Balaban J connectivity index is 2.38. The normalized spacial score (nSPS) is 34.7. The number of nitrogens with one attached hydrogen (secondary N) is 1. The maximum absolute atomic E-state index is 3.49. The molecular formula is C15H31N. The van der Waals surface area contributed by atoms with Gasteiger partial charge in [0.15, 0.2) is 0 Å². The molecule has 1 rings (SSSR count). The van der Waals surface area contributed by atoms with Crippen LogP contribution in [0.3, 0.4) is 0 Å². The molecule has 0 aromatic carbocycles. The molecule has 1 fully saturated rings. The molecule has 0 aromatic rings. The van der Waals surface area contributed by atoms with E-state index in [2.05, 4.69) is 39.9 Å². The van der Waals surface area contributed by atoms with Crippen LogP contribution in [0.5, 0.6) is 0 Å². The van der Waals surface area contributed by atoms with Gasteiger partial charge in [-0.15, -0.1) is 0 Å². The van der Waals surface area contributed by atoms with Gasteiger partial charge in [-0.2, -0.15) is 0 Å². The highest BCUT2D eigenvalue weighted by atomic mass is 14.8. The van der Waals surface area contributed by atoms with E-state index in [0.717, 1.165) is 36.1 Å². The minimum absolute atomic E-state index is 0.825. The summed E-state index contributed by atoms with van der Waals surface area (Å²) in [5, 5.41) is 3.49. The average molecular weight is 225 g/mol. The zero-order valence-corrected chi connectivity index (χ0v) is 11.9. The van der Waals surface area contributed by atoms with Crippen LogP contribution < -0.4 is 5.32 Å². The lowest BCUT2D eigenvalue weighted by Gasteiger charge is -2.37. The van der Waals surface area contributed by atoms with Crippen LogP contribution in [0.1, 0.15) is 53.9 Å². The molecule has 0 aliphatic heterocycles. The first-order valence-corrected chi connectivity index (χ1v) is 7.26. The molecular weight excluding hydrogens is 194 g/mol. The van der Waals surface area contributed by atoms with E-state index in [-0.39, 0.29) is 0 Å². The van der Waals surface area contributed by atoms with Crippen molar-refractivity contribution in [2.45, 2.75) is 53.9 Å². The van der Waals surface area contributed by atoms with Crippen LogP contribution in [0, 0.1) is 29.6 Å². The first-order chi connectivity index (χ1) is 7.56. The average Bonchev–Trinajstić information content (AvgIpc) is 2.28. The van der Waals surface area contributed by atoms with Crippen LogP contribution in [-0.4, -0.2) is 13.1 Å². The van der Waals surface area contributed by atoms with Crippen molar-refractivity contribution in [2.24, 2.45) is 29.6 Å². The Labute approximate surface area is 102 Å². The second kappa shape index (κ2) is 6.64. The van der Waals surface area contributed by atoms with Gasteiger partial charge in [-0.05, 0) is 55.5 Å². The minimum Gasteiger partial charge on any atom is -0.317 e. The van der Waals surface area contributed by atoms with E-state index >= 15 is 0 Å². The summed E-state index contributed by atoms with van der Waals surface area (Å²) < 4.78 is 0. The molecule has 1 N–H and O–H groups in total. The lowest BCUT2D eigenvalue weighted by molar-refractivity contribution is 0.133. The Kier molecular flexibility index (Phi) is 5.82. The quantitative estimate of drug-likeness (QED) is 0.747. The van der Waals surface area contributed by atoms with E-state index < -0.39 is 0 Å². The van der Waals surface area contributed by atoms with Crippen molar-refractivity contribution < 1.29 is 0 Å². The summed E-state index contributed by atoms with van der Waals surface area (Å²) in [6, 6.07) is 0. The van der Waals surface area contributed by atoms with Crippen molar-refractivity contribution in [3.05, 3.63) is 0 Å². The third-order valence-electron chi connectivity index (χ3n) is 5.00. The largest absolute Gasteiger partial charge is 0.317 e. The summed E-state index contributed by atoms with van der Waals surface area (Å²) in [5.74, 6) is 4.57. The second-order valence-corrected chi connectivity index (χ2v) is 6.17. The SMILES string of the molecule is CCNCC(C)C(C)C1CCC(C)C(C)C1. The third kappa shape index (κ3) is 3.76. The van der Waals surface area contributed by atoms with Crippen LogP contribution >= 0.6 is 0 Å². The maximum Gasteiger partial charge on any atom is -0.00206 e. The van der Waals surface area contributed by atoms with Crippen LogP contribution in [0.2, 0.25) is 0 Å². The molecule has 1 nitrogen and oxygen atoms in total. The Morgan fingerprint density at radius 3 is 2.38 bits per heavy atom. The Morgan fingerprint density at radius 2 is 1.81 bits per heavy atom. The fourth-order valence-corrected chi connectivity index (χ4v) is 3.09. The predicted octanol–water partition coefficient (Wildman–Crippen LogP) is 3.94. The lowest BCUT2D eigenvalue weighted by atomic mass is 9.69. The molecule has 0 bridgehead atoms. The van der Waals surface area contributed by atoms with E-state index in [9.17, 15) is 0 Å². The summed E-state index contributed by atoms with van der Waals surface area (Å²) >= 11 is 0. The fraction of sp³-hybridized carbons (Fsp3) is 1.00. The highest BCUT2D eigenvalue weighted by Gasteiger charge is 2.30. The molecule has 1 saturated carbocycles. The van der Waals surface area contributed by atoms with Gasteiger partial charge in [0.25, 0.3) is 0 Å². The molecule has 0 spiro atoms. The van der Waals surface area contributed by atoms with Crippen molar-refractivity contribution in [3.8, 4) is 0 Å². The van der Waals surface area contributed by atoms with E-state index in [1.54, 1.807) is 0 Å². The number of hydrogen-bond acceptors (Lipinski definition) is 1. The zero-order valence-electron chi connectivity index (χ0n) is 11.9. The first kappa shape index (κ1) is 14.0. The van der Waals surface area contributed by atoms with E-state index in [1.165, 1.54) is 25.8 Å². The smallest absolute Gasteiger partial charge is 0.00206 e. The second-order valence-electron chi connectivity index (χ2n) is 6.17. The first-order valence-electron chi connectivity index (χ1n) is 7.26. The van der Waals surface area contributed by atoms with Crippen LogP contribution in [0.4, 0.5) is 0 Å². The molecule has 1 heteroatoms. The van der Waals surface area contributed by atoms with Crippen LogP contribution in [0.25, 0.3) is 0 Å². The van der Waals surface area contributed by atoms with Crippen molar-refractivity contribution in [1.82, 2.24) is 5.32 Å². The third-order valence-corrected chi connectivity index (χ3v) is 5.00. The Bertz CT molecular complexity index is 190. The van der Waals surface area contributed by atoms with E-state index in [0.29, 0.717) is 0 Å². The Hall–Kier alpha value is -0.0400. The molecule has 0 radical (unpaired) electrons. The number of rotatable bonds is 5. The van der Waals surface area contributed by atoms with Crippen molar-refractivity contribution >= 4 is 0 Å². The van der Waals surface area contributed by atoms with E-state index in [1.807, 2.05) is 0 Å². The summed E-state index contributed by atoms with van der Waals surface area (Å²) in [6.45, 7) is 14.2. The minimum atomic E-state index is 0.825. The van der Waals surface area contributed by atoms with Crippen molar-refractivity contribution in [1.29, 1.82) is 0 Å². The van der Waals surface area contributed by atoms with E-state index in [4.69, 9.17) is 0 Å². The van der Waals surface area contributed by atoms with Gasteiger partial charge in [0.2, 0.25) is 0 Å². The van der Waals surface area contributed by atoms with Crippen LogP contribution in [0.15, 0.2) is 0 Å². The molecule has 0 heterocycles. The topological polar surface area (TPSA) is 12.0 Å². The van der Waals surface area contributed by atoms with Crippen LogP contribution in [-0.2, 0) is 0 Å². The molecule has 0 amide bonds. The molecule has 0 saturated heterocycles. The van der Waals surface area contributed by atoms with Gasteiger partial charge in [0, 0.05) is 0 Å². The van der Waals surface area contributed by atoms with Gasteiger partial charge in [-0.1, -0.05) is 41.0 Å². The molecule has 1 aliphatic rings. The van der Waals surface area contributed by atoms with Gasteiger partial charge >= 0.3 is 0 Å². The molecule has 5 atom stereocenters. The van der Waals surface area contributed by atoms with Gasteiger partial charge in [-0.25, -0.2) is 0 Å². The lowest BCUT2D eigenvalue weighted by Crippen LogP contribution is -2.32. The molecule has 1 aliphatic carbocycles.